The van der Waals surface area contributed by atoms with E-state index < -0.39 is 5.41 Å². The fourth-order valence-electron chi connectivity index (χ4n) is 14.8. The SMILES string of the molecule is c1ccc(-c2cccc(-c3cc4c(cc3N(c3ccc5c(c3)-c3ccccc3C53CCCCC3)c3ccc5c6ccccc6c6ccccc6c5c3)C3(c5ccccc5-c5ccccc53)c3ccccc3-4)c2)cc1. The molecule has 1 heteroatoms. The van der Waals surface area contributed by atoms with Crippen LogP contribution in [0.2, 0.25) is 0 Å². The zero-order valence-electron chi connectivity index (χ0n) is 41.2. The Morgan fingerprint density at radius 3 is 1.36 bits per heavy atom. The maximum Gasteiger partial charge on any atom is 0.0726 e. The van der Waals surface area contributed by atoms with E-state index in [-0.39, 0.29) is 5.41 Å². The van der Waals surface area contributed by atoms with Gasteiger partial charge >= 0.3 is 0 Å². The molecule has 74 heavy (non-hydrogen) atoms. The van der Waals surface area contributed by atoms with Crippen molar-refractivity contribution in [3.8, 4) is 55.6 Å². The van der Waals surface area contributed by atoms with Crippen LogP contribution in [-0.4, -0.2) is 0 Å². The Labute approximate surface area is 432 Å². The molecule has 1 saturated carbocycles. The third kappa shape index (κ3) is 5.70. The van der Waals surface area contributed by atoms with Crippen LogP contribution in [0.5, 0.6) is 0 Å². The lowest BCUT2D eigenvalue weighted by Crippen LogP contribution is -2.28. The predicted molar refractivity (Wildman–Crippen MR) is 310 cm³/mol. The van der Waals surface area contributed by atoms with Crippen molar-refractivity contribution in [2.24, 2.45) is 0 Å². The second-order valence-corrected chi connectivity index (χ2v) is 21.3. The molecule has 12 aromatic carbocycles. The first kappa shape index (κ1) is 41.8. The Bertz CT molecular complexity index is 4220. The summed E-state index contributed by atoms with van der Waals surface area (Å²) < 4.78 is 0. The maximum atomic E-state index is 2.63. The highest BCUT2D eigenvalue weighted by atomic mass is 15.1. The van der Waals surface area contributed by atoms with E-state index in [4.69, 9.17) is 0 Å². The molecule has 0 atom stereocenters. The fourth-order valence-corrected chi connectivity index (χ4v) is 14.8. The van der Waals surface area contributed by atoms with Crippen molar-refractivity contribution in [2.45, 2.75) is 42.9 Å². The molecular weight excluding hydrogens is 891 g/mol. The average molecular weight is 942 g/mol. The molecule has 4 aliphatic rings. The quantitative estimate of drug-likeness (QED) is 0.155. The van der Waals surface area contributed by atoms with Crippen molar-refractivity contribution >= 4 is 49.4 Å². The molecule has 0 unspecified atom stereocenters. The van der Waals surface area contributed by atoms with Crippen LogP contribution < -0.4 is 4.90 Å². The lowest BCUT2D eigenvalue weighted by Gasteiger charge is -2.36. The van der Waals surface area contributed by atoms with E-state index in [1.165, 1.54) is 153 Å². The number of benzene rings is 12. The van der Waals surface area contributed by atoms with E-state index in [2.05, 4.69) is 254 Å². The number of rotatable bonds is 5. The van der Waals surface area contributed by atoms with Gasteiger partial charge in [0.25, 0.3) is 0 Å². The molecule has 1 nitrogen and oxygen atoms in total. The number of hydrogen-bond acceptors (Lipinski definition) is 1. The van der Waals surface area contributed by atoms with Crippen LogP contribution in [0.1, 0.15) is 65.5 Å². The van der Waals surface area contributed by atoms with Crippen LogP contribution in [-0.2, 0) is 10.8 Å². The van der Waals surface area contributed by atoms with Crippen LogP contribution >= 0.6 is 0 Å². The van der Waals surface area contributed by atoms with E-state index in [1.54, 1.807) is 0 Å². The topological polar surface area (TPSA) is 3.24 Å². The molecule has 348 valence electrons. The molecule has 0 radical (unpaired) electrons. The van der Waals surface area contributed by atoms with Crippen molar-refractivity contribution in [1.29, 1.82) is 0 Å². The predicted octanol–water partition coefficient (Wildman–Crippen LogP) is 19.5. The van der Waals surface area contributed by atoms with Crippen LogP contribution in [0.3, 0.4) is 0 Å². The molecule has 0 bridgehead atoms. The van der Waals surface area contributed by atoms with E-state index in [0.29, 0.717) is 0 Å². The van der Waals surface area contributed by atoms with Crippen LogP contribution in [0.4, 0.5) is 17.1 Å². The molecule has 0 N–H and O–H groups in total. The second-order valence-electron chi connectivity index (χ2n) is 21.3. The van der Waals surface area contributed by atoms with Gasteiger partial charge in [-0.3, -0.25) is 0 Å². The van der Waals surface area contributed by atoms with Crippen molar-refractivity contribution in [3.63, 3.8) is 0 Å². The second kappa shape index (κ2) is 15.9. The van der Waals surface area contributed by atoms with Crippen molar-refractivity contribution in [1.82, 2.24) is 0 Å². The summed E-state index contributed by atoms with van der Waals surface area (Å²) in [7, 11) is 0. The molecule has 4 aliphatic carbocycles. The normalized spacial score (nSPS) is 15.0. The Hall–Kier alpha value is -8.78. The van der Waals surface area contributed by atoms with E-state index in [1.807, 2.05) is 0 Å². The molecule has 0 aromatic heterocycles. The van der Waals surface area contributed by atoms with Crippen LogP contribution in [0.15, 0.2) is 249 Å². The average Bonchev–Trinajstić information content (AvgIpc) is 4.05. The molecule has 0 aliphatic heterocycles. The highest BCUT2D eigenvalue weighted by Crippen LogP contribution is 2.65. The summed E-state index contributed by atoms with van der Waals surface area (Å²) in [6.45, 7) is 0. The Kier molecular flexibility index (Phi) is 8.96. The van der Waals surface area contributed by atoms with Crippen molar-refractivity contribution in [3.05, 3.63) is 282 Å². The van der Waals surface area contributed by atoms with Gasteiger partial charge in [0.15, 0.2) is 0 Å². The van der Waals surface area contributed by atoms with Gasteiger partial charge in [0.05, 0.1) is 11.1 Å². The number of hydrogen-bond donors (Lipinski definition) is 0. The lowest BCUT2D eigenvalue weighted by atomic mass is 9.68. The summed E-state index contributed by atoms with van der Waals surface area (Å²) in [4.78, 5) is 2.63. The van der Waals surface area contributed by atoms with Gasteiger partial charge in [-0.1, -0.05) is 226 Å². The number of anilines is 3. The van der Waals surface area contributed by atoms with E-state index in [9.17, 15) is 0 Å². The summed E-state index contributed by atoms with van der Waals surface area (Å²) in [5.74, 6) is 0. The first-order valence-electron chi connectivity index (χ1n) is 26.7. The minimum atomic E-state index is -0.521. The molecule has 2 spiro atoms. The Morgan fingerprint density at radius 2 is 0.716 bits per heavy atom. The Balaban J connectivity index is 1.04. The molecule has 12 aromatic rings. The molecule has 0 heterocycles. The Morgan fingerprint density at radius 1 is 0.257 bits per heavy atom. The summed E-state index contributed by atoms with van der Waals surface area (Å²) in [5, 5.41) is 7.63. The third-order valence-corrected chi connectivity index (χ3v) is 17.8. The lowest BCUT2D eigenvalue weighted by molar-refractivity contribution is 0.353. The minimum Gasteiger partial charge on any atom is -0.310 e. The maximum absolute atomic E-state index is 2.63. The van der Waals surface area contributed by atoms with Gasteiger partial charge in [0, 0.05) is 22.4 Å². The van der Waals surface area contributed by atoms with Gasteiger partial charge in [0.1, 0.15) is 0 Å². The zero-order chi connectivity index (χ0) is 48.5. The monoisotopic (exact) mass is 941 g/mol. The largest absolute Gasteiger partial charge is 0.310 e. The van der Waals surface area contributed by atoms with Gasteiger partial charge < -0.3 is 4.90 Å². The minimum absolute atomic E-state index is 0.0501. The van der Waals surface area contributed by atoms with Gasteiger partial charge in [-0.15, -0.1) is 0 Å². The molecular formula is C73H51N. The van der Waals surface area contributed by atoms with Gasteiger partial charge in [-0.05, 0) is 171 Å². The number of nitrogens with zero attached hydrogens (tertiary/aromatic N) is 1. The van der Waals surface area contributed by atoms with Gasteiger partial charge in [-0.2, -0.15) is 0 Å². The number of fused-ring (bicyclic) bond motifs is 21. The molecule has 0 saturated heterocycles. The van der Waals surface area contributed by atoms with E-state index in [0.717, 1.165) is 17.1 Å². The highest BCUT2D eigenvalue weighted by Gasteiger charge is 2.52. The zero-order valence-corrected chi connectivity index (χ0v) is 41.2. The van der Waals surface area contributed by atoms with Crippen LogP contribution in [0.25, 0.3) is 88.0 Å². The first-order chi connectivity index (χ1) is 36.7. The van der Waals surface area contributed by atoms with Crippen molar-refractivity contribution in [2.75, 3.05) is 4.90 Å². The third-order valence-electron chi connectivity index (χ3n) is 17.8. The molecule has 16 rings (SSSR count). The molecule has 1 fully saturated rings. The van der Waals surface area contributed by atoms with Crippen LogP contribution in [0, 0.1) is 0 Å². The standard InChI is InChI=1S/C73H51N/c1-3-20-47(21-4-1)48-22-19-23-49(42-48)61-45-64-60-31-12-16-35-69(60)73(67-33-14-10-28-57(67)58-29-11-15-34-68(58)73)70(64)46-71(61)74(50-36-38-56-54-26-6-5-24-52(54)53-25-7-8-27-55(53)62(56)43-50)51-37-39-66-63(44-51)59-30-9-13-32-65(59)72(66)40-17-2-18-41-72/h1,3-16,19-39,42-46H,2,17-18,40-41H2. The van der Waals surface area contributed by atoms with E-state index >= 15 is 0 Å². The molecule has 0 amide bonds. The van der Waals surface area contributed by atoms with Crippen molar-refractivity contribution < 1.29 is 0 Å². The van der Waals surface area contributed by atoms with Gasteiger partial charge in [-0.25, -0.2) is 0 Å². The summed E-state index contributed by atoms with van der Waals surface area (Å²) in [6.07, 6.45) is 6.23. The summed E-state index contributed by atoms with van der Waals surface area (Å²) in [5.41, 5.74) is 24.1. The van der Waals surface area contributed by atoms with Gasteiger partial charge in [0.2, 0.25) is 0 Å². The summed E-state index contributed by atoms with van der Waals surface area (Å²) in [6, 6.07) is 95.1. The summed E-state index contributed by atoms with van der Waals surface area (Å²) >= 11 is 0. The smallest absolute Gasteiger partial charge is 0.0726 e. The highest BCUT2D eigenvalue weighted by molar-refractivity contribution is 6.26. The fraction of sp³-hybridized carbons (Fsp3) is 0.0959. The first-order valence-corrected chi connectivity index (χ1v) is 26.7.